The van der Waals surface area contributed by atoms with Crippen LogP contribution in [0.15, 0.2) is 0 Å². The molecular weight excluding hydrogens is 198 g/mol. The Labute approximate surface area is 98.1 Å². The Kier molecular flexibility index (Phi) is 2.72. The predicted octanol–water partition coefficient (Wildman–Crippen LogP) is 2.95. The molecule has 0 saturated heterocycles. The topological polar surface area (TPSA) is 43.8 Å². The Bertz CT molecular complexity index is 381. The summed E-state index contributed by atoms with van der Waals surface area (Å²) in [4.78, 5) is 4.71. The highest BCUT2D eigenvalue weighted by Gasteiger charge is 2.29. The third-order valence-corrected chi connectivity index (χ3v) is 3.02. The molecule has 0 amide bonds. The van der Waals surface area contributed by atoms with Gasteiger partial charge in [0.05, 0.1) is 5.69 Å². The van der Waals surface area contributed by atoms with Gasteiger partial charge in [0.2, 0.25) is 0 Å². The van der Waals surface area contributed by atoms with Gasteiger partial charge in [-0.2, -0.15) is 0 Å². The molecule has 1 saturated carbocycles. The number of rotatable bonds is 3. The van der Waals surface area contributed by atoms with Crippen LogP contribution in [0, 0.1) is 5.41 Å². The van der Waals surface area contributed by atoms with Crippen molar-refractivity contribution in [2.45, 2.75) is 59.4 Å². The van der Waals surface area contributed by atoms with Crippen molar-refractivity contribution in [1.29, 1.82) is 0 Å². The molecule has 1 heterocycles. The number of nitrogens with two attached hydrogens (primary N) is 1. The van der Waals surface area contributed by atoms with Gasteiger partial charge in [-0.05, 0) is 24.7 Å². The molecule has 1 aliphatic carbocycles. The number of aryl methyl sites for hydroxylation is 1. The monoisotopic (exact) mass is 221 g/mol. The van der Waals surface area contributed by atoms with Crippen molar-refractivity contribution in [1.82, 2.24) is 9.55 Å². The van der Waals surface area contributed by atoms with E-state index >= 15 is 0 Å². The van der Waals surface area contributed by atoms with Crippen molar-refractivity contribution in [2.24, 2.45) is 5.41 Å². The molecule has 0 radical (unpaired) electrons. The van der Waals surface area contributed by atoms with Crippen LogP contribution < -0.4 is 5.73 Å². The van der Waals surface area contributed by atoms with Gasteiger partial charge in [0, 0.05) is 12.5 Å². The lowest BCUT2D eigenvalue weighted by Crippen LogP contribution is -2.11. The van der Waals surface area contributed by atoms with E-state index in [-0.39, 0.29) is 5.41 Å². The minimum absolute atomic E-state index is 0.252. The standard InChI is InChI=1S/C13H23N3/c1-5-11-15-10(8-13(2,3)4)12(14)16(11)9-6-7-9/h9H,5-8,14H2,1-4H3. The first-order chi connectivity index (χ1) is 7.42. The Hall–Kier alpha value is -0.990. The lowest BCUT2D eigenvalue weighted by molar-refractivity contribution is 0.407. The van der Waals surface area contributed by atoms with Crippen LogP contribution in [-0.4, -0.2) is 9.55 Å². The predicted molar refractivity (Wildman–Crippen MR) is 67.4 cm³/mol. The fourth-order valence-corrected chi connectivity index (χ4v) is 2.17. The summed E-state index contributed by atoms with van der Waals surface area (Å²) in [5.74, 6) is 2.08. The number of anilines is 1. The largest absolute Gasteiger partial charge is 0.384 e. The third kappa shape index (κ3) is 2.23. The van der Waals surface area contributed by atoms with E-state index in [1.54, 1.807) is 0 Å². The van der Waals surface area contributed by atoms with E-state index in [1.807, 2.05) is 0 Å². The number of nitrogens with zero attached hydrogens (tertiary/aromatic N) is 2. The molecule has 0 aromatic carbocycles. The van der Waals surface area contributed by atoms with Gasteiger partial charge in [0.15, 0.2) is 0 Å². The van der Waals surface area contributed by atoms with Gasteiger partial charge >= 0.3 is 0 Å². The highest BCUT2D eigenvalue weighted by molar-refractivity contribution is 5.40. The third-order valence-electron chi connectivity index (χ3n) is 3.02. The van der Waals surface area contributed by atoms with E-state index < -0.39 is 0 Å². The van der Waals surface area contributed by atoms with E-state index in [0.29, 0.717) is 6.04 Å². The number of imidazole rings is 1. The molecule has 3 heteroatoms. The highest BCUT2D eigenvalue weighted by Crippen LogP contribution is 2.39. The zero-order valence-corrected chi connectivity index (χ0v) is 10.9. The van der Waals surface area contributed by atoms with Gasteiger partial charge < -0.3 is 10.3 Å². The second-order valence-electron chi connectivity index (χ2n) is 6.05. The fourth-order valence-electron chi connectivity index (χ4n) is 2.17. The summed E-state index contributed by atoms with van der Waals surface area (Å²) in [5, 5.41) is 0. The molecule has 16 heavy (non-hydrogen) atoms. The number of aromatic nitrogens is 2. The Morgan fingerprint density at radius 1 is 1.38 bits per heavy atom. The van der Waals surface area contributed by atoms with Crippen LogP contribution in [0.25, 0.3) is 0 Å². The lowest BCUT2D eigenvalue weighted by atomic mass is 9.90. The molecule has 0 unspecified atom stereocenters. The molecule has 0 bridgehead atoms. The van der Waals surface area contributed by atoms with E-state index in [2.05, 4.69) is 32.3 Å². The summed E-state index contributed by atoms with van der Waals surface area (Å²) >= 11 is 0. The molecule has 1 fully saturated rings. The Morgan fingerprint density at radius 3 is 2.44 bits per heavy atom. The van der Waals surface area contributed by atoms with Crippen LogP contribution in [0.4, 0.5) is 5.82 Å². The maximum absolute atomic E-state index is 6.23. The average Bonchev–Trinajstić information content (AvgIpc) is 2.93. The fraction of sp³-hybridized carbons (Fsp3) is 0.769. The smallest absolute Gasteiger partial charge is 0.127 e. The van der Waals surface area contributed by atoms with Crippen LogP contribution in [0.5, 0.6) is 0 Å². The summed E-state index contributed by atoms with van der Waals surface area (Å²) in [5.41, 5.74) is 7.57. The maximum Gasteiger partial charge on any atom is 0.127 e. The van der Waals surface area contributed by atoms with Crippen LogP contribution in [-0.2, 0) is 12.8 Å². The summed E-state index contributed by atoms with van der Waals surface area (Å²) in [7, 11) is 0. The first-order valence-corrected chi connectivity index (χ1v) is 6.28. The van der Waals surface area contributed by atoms with Gasteiger partial charge in [0.25, 0.3) is 0 Å². The molecule has 1 aliphatic rings. The maximum atomic E-state index is 6.23. The minimum atomic E-state index is 0.252. The van der Waals surface area contributed by atoms with Crippen LogP contribution in [0.1, 0.15) is 58.1 Å². The summed E-state index contributed by atoms with van der Waals surface area (Å²) in [6, 6.07) is 0.635. The summed E-state index contributed by atoms with van der Waals surface area (Å²) in [6.07, 6.45) is 4.47. The van der Waals surface area contributed by atoms with E-state index in [1.165, 1.54) is 18.7 Å². The zero-order chi connectivity index (χ0) is 11.9. The molecule has 0 aliphatic heterocycles. The van der Waals surface area contributed by atoms with E-state index in [4.69, 9.17) is 10.7 Å². The summed E-state index contributed by atoms with van der Waals surface area (Å²) < 4.78 is 2.26. The highest BCUT2D eigenvalue weighted by atomic mass is 15.2. The SMILES string of the molecule is CCc1nc(CC(C)(C)C)c(N)n1C1CC1. The minimum Gasteiger partial charge on any atom is -0.384 e. The van der Waals surface area contributed by atoms with Crippen LogP contribution in [0.3, 0.4) is 0 Å². The molecule has 1 aromatic heterocycles. The van der Waals surface area contributed by atoms with Crippen LogP contribution >= 0.6 is 0 Å². The molecular formula is C13H23N3. The zero-order valence-electron chi connectivity index (χ0n) is 10.9. The molecule has 1 aromatic rings. The summed E-state index contributed by atoms with van der Waals surface area (Å²) in [6.45, 7) is 8.85. The quantitative estimate of drug-likeness (QED) is 0.852. The Morgan fingerprint density at radius 2 is 2.00 bits per heavy atom. The van der Waals surface area contributed by atoms with Crippen molar-refractivity contribution in [2.75, 3.05) is 5.73 Å². The number of hydrogen-bond donors (Lipinski definition) is 1. The van der Waals surface area contributed by atoms with E-state index in [9.17, 15) is 0 Å². The normalized spacial score (nSPS) is 16.8. The van der Waals surface area contributed by atoms with Gasteiger partial charge in [-0.25, -0.2) is 4.98 Å². The molecule has 0 atom stereocenters. The van der Waals surface area contributed by atoms with Crippen molar-refractivity contribution < 1.29 is 0 Å². The molecule has 3 nitrogen and oxygen atoms in total. The molecule has 2 N–H and O–H groups in total. The van der Waals surface area contributed by atoms with Crippen molar-refractivity contribution in [3.8, 4) is 0 Å². The van der Waals surface area contributed by atoms with Gasteiger partial charge in [-0.1, -0.05) is 27.7 Å². The van der Waals surface area contributed by atoms with E-state index in [0.717, 1.165) is 24.4 Å². The number of hydrogen-bond acceptors (Lipinski definition) is 2. The molecule has 90 valence electrons. The first kappa shape index (κ1) is 11.5. The molecule has 0 spiro atoms. The number of nitrogen functional groups attached to an aromatic ring is 1. The van der Waals surface area contributed by atoms with Gasteiger partial charge in [-0.3, -0.25) is 0 Å². The second kappa shape index (κ2) is 3.79. The van der Waals surface area contributed by atoms with Crippen molar-refractivity contribution in [3.05, 3.63) is 11.5 Å². The van der Waals surface area contributed by atoms with Crippen molar-refractivity contribution in [3.63, 3.8) is 0 Å². The van der Waals surface area contributed by atoms with Crippen LogP contribution in [0.2, 0.25) is 0 Å². The molecule has 2 rings (SSSR count). The lowest BCUT2D eigenvalue weighted by Gasteiger charge is -2.16. The van der Waals surface area contributed by atoms with Crippen molar-refractivity contribution >= 4 is 5.82 Å². The van der Waals surface area contributed by atoms with Gasteiger partial charge in [-0.15, -0.1) is 0 Å². The first-order valence-electron chi connectivity index (χ1n) is 6.28. The van der Waals surface area contributed by atoms with Gasteiger partial charge in [0.1, 0.15) is 11.6 Å². The Balaban J connectivity index is 2.32. The second-order valence-corrected chi connectivity index (χ2v) is 6.05. The average molecular weight is 221 g/mol.